The third kappa shape index (κ3) is 4.61. The quantitative estimate of drug-likeness (QED) is 0.211. The predicted octanol–water partition coefficient (Wildman–Crippen LogP) is 4.73. The lowest BCUT2D eigenvalue weighted by Crippen LogP contribution is -2.22. The lowest BCUT2D eigenvalue weighted by molar-refractivity contribution is 0.400. The first-order valence-electron chi connectivity index (χ1n) is 13.1. The molecule has 0 bridgehead atoms. The van der Waals surface area contributed by atoms with E-state index in [-0.39, 0.29) is 62.0 Å². The van der Waals surface area contributed by atoms with Crippen LogP contribution < -0.4 is 31.5 Å². The summed E-state index contributed by atoms with van der Waals surface area (Å²) in [5.74, 6) is 0.436. The van der Waals surface area contributed by atoms with E-state index in [4.69, 9.17) is 36.3 Å². The second-order valence-electron chi connectivity index (χ2n) is 9.60. The number of hydrogen-bond acceptors (Lipinski definition) is 12. The Morgan fingerprint density at radius 2 is 1.84 bits per heavy atom. The summed E-state index contributed by atoms with van der Waals surface area (Å²) < 4.78 is 24.3. The summed E-state index contributed by atoms with van der Waals surface area (Å²) in [4.78, 5) is 32.7. The zero-order chi connectivity index (χ0) is 31.1. The molecule has 0 aliphatic carbocycles. The Morgan fingerprint density at radius 3 is 2.55 bits per heavy atom. The molecule has 0 radical (unpaired) electrons. The molecule has 13 nitrogen and oxygen atoms in total. The topological polar surface area (TPSA) is 187 Å². The normalized spacial score (nSPS) is 11.0. The molecule has 0 saturated carbocycles. The van der Waals surface area contributed by atoms with E-state index in [9.17, 15) is 14.9 Å². The van der Waals surface area contributed by atoms with Crippen molar-refractivity contribution in [3.8, 4) is 40.0 Å². The summed E-state index contributed by atoms with van der Waals surface area (Å²) in [5, 5.41) is 18.0. The largest absolute Gasteiger partial charge is 0.495 e. The van der Waals surface area contributed by atoms with Crippen LogP contribution in [-0.4, -0.2) is 34.0 Å². The number of nitrogens with two attached hydrogens (primary N) is 1. The molecule has 4 N–H and O–H groups in total. The van der Waals surface area contributed by atoms with Crippen molar-refractivity contribution in [2.75, 3.05) is 25.3 Å². The molecule has 6 aromatic rings. The number of aryl methyl sites for hydroxylation is 1. The van der Waals surface area contributed by atoms with Crippen LogP contribution in [0.1, 0.15) is 11.3 Å². The molecule has 6 rings (SSSR count). The van der Waals surface area contributed by atoms with E-state index in [0.29, 0.717) is 27.9 Å². The van der Waals surface area contributed by atoms with Crippen LogP contribution in [0.2, 0.25) is 0 Å². The SMILES string of the molecule is COc1c2occc2c(OC)c2c(=O)c(-c3cc(-c4ccc(NCn5nc(C)c(=O)[nH]c5=S)cc4)nc(N)c3C#N)coc12. The summed E-state index contributed by atoms with van der Waals surface area (Å²) >= 11 is 5.18. The number of benzene rings is 2. The minimum Gasteiger partial charge on any atom is -0.495 e. The average Bonchev–Trinajstić information content (AvgIpc) is 3.51. The second kappa shape index (κ2) is 11.0. The van der Waals surface area contributed by atoms with Gasteiger partial charge in [0.1, 0.15) is 47.2 Å². The van der Waals surface area contributed by atoms with E-state index < -0.39 is 5.43 Å². The number of aromatic nitrogens is 4. The van der Waals surface area contributed by atoms with Crippen LogP contribution in [0.3, 0.4) is 0 Å². The number of methoxy groups -OCH3 is 2. The van der Waals surface area contributed by atoms with Crippen molar-refractivity contribution in [1.82, 2.24) is 19.7 Å². The molecule has 14 heteroatoms. The highest BCUT2D eigenvalue weighted by Gasteiger charge is 2.25. The summed E-state index contributed by atoms with van der Waals surface area (Å²) in [6, 6.07) is 12.6. The number of fused-ring (bicyclic) bond motifs is 2. The van der Waals surface area contributed by atoms with Gasteiger partial charge in [0, 0.05) is 16.8 Å². The standard InChI is InChI=1S/C30H23N7O6S/c1-14-29(39)35-30(44)37(36-14)13-33-16-6-4-15(5-7-16)21-10-18(19(11-31)28(32)34-21)20-12-43-26-22(23(20)38)24(40-2)17-8-9-42-25(17)27(26)41-3/h4-10,12,33H,13H2,1-3H3,(H2,32,34)(H,35,39,44). The van der Waals surface area contributed by atoms with Crippen LogP contribution in [0.25, 0.3) is 44.3 Å². The first-order chi connectivity index (χ1) is 21.2. The zero-order valence-corrected chi connectivity index (χ0v) is 24.4. The van der Waals surface area contributed by atoms with E-state index in [1.54, 1.807) is 31.2 Å². The molecule has 0 atom stereocenters. The summed E-state index contributed by atoms with van der Waals surface area (Å²) in [6.45, 7) is 1.82. The number of rotatable bonds is 7. The smallest absolute Gasteiger partial charge is 0.273 e. The molecule has 0 spiro atoms. The van der Waals surface area contributed by atoms with Crippen LogP contribution in [0.15, 0.2) is 67.3 Å². The van der Waals surface area contributed by atoms with Crippen molar-refractivity contribution in [3.05, 3.63) is 85.5 Å². The van der Waals surface area contributed by atoms with Crippen LogP contribution in [0, 0.1) is 23.0 Å². The van der Waals surface area contributed by atoms with Gasteiger partial charge in [0.05, 0.1) is 37.1 Å². The van der Waals surface area contributed by atoms with Crippen molar-refractivity contribution in [1.29, 1.82) is 5.26 Å². The molecular weight excluding hydrogens is 586 g/mol. The number of nitriles is 1. The third-order valence-electron chi connectivity index (χ3n) is 7.07. The molecule has 0 aliphatic heterocycles. The zero-order valence-electron chi connectivity index (χ0n) is 23.5. The molecule has 220 valence electrons. The van der Waals surface area contributed by atoms with Gasteiger partial charge in [-0.1, -0.05) is 12.1 Å². The fraction of sp³-hybridized carbons (Fsp3) is 0.133. The van der Waals surface area contributed by atoms with Gasteiger partial charge in [-0.05, 0) is 43.4 Å². The lowest BCUT2D eigenvalue weighted by Gasteiger charge is -2.13. The lowest BCUT2D eigenvalue weighted by atomic mass is 9.98. The summed E-state index contributed by atoms with van der Waals surface area (Å²) in [5.41, 5.74) is 8.44. The molecule has 0 amide bonds. The minimum absolute atomic E-state index is 0.0226. The van der Waals surface area contributed by atoms with E-state index in [1.807, 2.05) is 12.1 Å². The number of aromatic amines is 1. The highest BCUT2D eigenvalue weighted by Crippen LogP contribution is 2.43. The van der Waals surface area contributed by atoms with E-state index in [0.717, 1.165) is 5.69 Å². The number of pyridine rings is 1. The molecule has 4 heterocycles. The number of nitrogens with zero attached hydrogens (tertiary/aromatic N) is 4. The van der Waals surface area contributed by atoms with Gasteiger partial charge in [0.15, 0.2) is 15.9 Å². The van der Waals surface area contributed by atoms with E-state index in [1.165, 1.54) is 31.4 Å². The number of anilines is 2. The number of nitrogen functional groups attached to an aromatic ring is 1. The van der Waals surface area contributed by atoms with Gasteiger partial charge in [0.25, 0.3) is 5.56 Å². The molecular formula is C30H23N7O6S. The monoisotopic (exact) mass is 609 g/mol. The van der Waals surface area contributed by atoms with Crippen molar-refractivity contribution in [2.45, 2.75) is 13.6 Å². The number of nitrogens with one attached hydrogen (secondary N) is 2. The van der Waals surface area contributed by atoms with Crippen molar-refractivity contribution >= 4 is 45.7 Å². The maximum Gasteiger partial charge on any atom is 0.273 e. The van der Waals surface area contributed by atoms with Gasteiger partial charge in [-0.3, -0.25) is 14.6 Å². The average molecular weight is 610 g/mol. The fourth-order valence-corrected chi connectivity index (χ4v) is 5.12. The maximum atomic E-state index is 14.0. The van der Waals surface area contributed by atoms with Crippen molar-refractivity contribution in [2.24, 2.45) is 0 Å². The van der Waals surface area contributed by atoms with E-state index in [2.05, 4.69) is 26.5 Å². The Balaban J connectivity index is 1.41. The molecule has 2 aromatic carbocycles. The second-order valence-corrected chi connectivity index (χ2v) is 9.98. The Morgan fingerprint density at radius 1 is 1.09 bits per heavy atom. The Bertz CT molecular complexity index is 2310. The Labute approximate surface area is 253 Å². The van der Waals surface area contributed by atoms with Crippen LogP contribution in [-0.2, 0) is 6.67 Å². The van der Waals surface area contributed by atoms with Crippen LogP contribution in [0.5, 0.6) is 11.5 Å². The van der Waals surface area contributed by atoms with E-state index >= 15 is 0 Å². The van der Waals surface area contributed by atoms with Gasteiger partial charge in [-0.25, -0.2) is 9.67 Å². The number of ether oxygens (including phenoxy) is 2. The molecule has 0 aliphatic rings. The molecule has 44 heavy (non-hydrogen) atoms. The highest BCUT2D eigenvalue weighted by molar-refractivity contribution is 7.71. The van der Waals surface area contributed by atoms with Gasteiger partial charge < -0.3 is 29.4 Å². The minimum atomic E-state index is -0.457. The number of hydrogen-bond donors (Lipinski definition) is 3. The van der Waals surface area contributed by atoms with Gasteiger partial charge >= 0.3 is 0 Å². The first kappa shape index (κ1) is 28.2. The maximum absolute atomic E-state index is 14.0. The number of furan rings is 1. The molecule has 4 aromatic heterocycles. The summed E-state index contributed by atoms with van der Waals surface area (Å²) in [7, 11) is 2.88. The highest BCUT2D eigenvalue weighted by atomic mass is 32.1. The van der Waals surface area contributed by atoms with Crippen LogP contribution >= 0.6 is 12.2 Å². The molecule has 0 saturated heterocycles. The third-order valence-corrected chi connectivity index (χ3v) is 7.38. The van der Waals surface area contributed by atoms with Crippen LogP contribution in [0.4, 0.5) is 11.5 Å². The molecule has 0 unspecified atom stereocenters. The Hall–Kier alpha value is -5.94. The van der Waals surface area contributed by atoms with Gasteiger partial charge in [-0.15, -0.1) is 0 Å². The van der Waals surface area contributed by atoms with Gasteiger partial charge in [0.2, 0.25) is 11.2 Å². The number of H-pyrrole nitrogens is 1. The summed E-state index contributed by atoms with van der Waals surface area (Å²) in [6.07, 6.45) is 2.71. The Kier molecular flexibility index (Phi) is 7.08. The van der Waals surface area contributed by atoms with Crippen molar-refractivity contribution < 1.29 is 18.3 Å². The van der Waals surface area contributed by atoms with Gasteiger partial charge in [-0.2, -0.15) is 10.4 Å². The van der Waals surface area contributed by atoms with Crippen molar-refractivity contribution in [3.63, 3.8) is 0 Å². The fourth-order valence-electron chi connectivity index (χ4n) is 4.93. The first-order valence-corrected chi connectivity index (χ1v) is 13.5. The molecule has 0 fully saturated rings. The predicted molar refractivity (Wildman–Crippen MR) is 165 cm³/mol.